The van der Waals surface area contributed by atoms with Crippen molar-refractivity contribution in [2.45, 2.75) is 31.6 Å². The highest BCUT2D eigenvalue weighted by molar-refractivity contribution is 6.32. The van der Waals surface area contributed by atoms with E-state index in [1.807, 2.05) is 6.92 Å². The van der Waals surface area contributed by atoms with Crippen molar-refractivity contribution in [2.24, 2.45) is 0 Å². The predicted molar refractivity (Wildman–Crippen MR) is 82.8 cm³/mol. The van der Waals surface area contributed by atoms with Crippen molar-refractivity contribution in [2.75, 3.05) is 33.3 Å². The highest BCUT2D eigenvalue weighted by Crippen LogP contribution is 2.38. The molecule has 0 radical (unpaired) electrons. The molecular formula is C15H22ClNO4. The average molecular weight is 316 g/mol. The first kappa shape index (κ1) is 16.2. The molecule has 1 aromatic carbocycles. The lowest BCUT2D eigenvalue weighted by Gasteiger charge is -2.43. The molecule has 118 valence electrons. The molecule has 6 heteroatoms. The van der Waals surface area contributed by atoms with E-state index in [2.05, 4.69) is 5.32 Å². The summed E-state index contributed by atoms with van der Waals surface area (Å²) in [5.74, 6) is 1.27. The van der Waals surface area contributed by atoms with Crippen LogP contribution >= 0.6 is 11.6 Å². The second-order valence-electron chi connectivity index (χ2n) is 4.87. The van der Waals surface area contributed by atoms with Gasteiger partial charge >= 0.3 is 0 Å². The highest BCUT2D eigenvalue weighted by atomic mass is 35.5. The molecule has 0 aliphatic heterocycles. The Bertz CT molecular complexity index is 483. The number of ether oxygens (including phenoxy) is 4. The van der Waals surface area contributed by atoms with Gasteiger partial charge in [-0.25, -0.2) is 0 Å². The van der Waals surface area contributed by atoms with E-state index in [4.69, 9.17) is 30.5 Å². The van der Waals surface area contributed by atoms with Crippen molar-refractivity contribution in [3.05, 3.63) is 17.2 Å². The summed E-state index contributed by atoms with van der Waals surface area (Å²) >= 11 is 6.18. The second kappa shape index (κ2) is 7.20. The summed E-state index contributed by atoms with van der Waals surface area (Å²) in [6, 6.07) is 3.75. The standard InChI is InChI=1S/C15H22ClNO4/c1-5-21-14-7-11(15(14)20-4)17-10-6-9(16)12(18-2)8-13(10)19-3/h6,8,11,14-15,17H,5,7H2,1-4H3. The van der Waals surface area contributed by atoms with Gasteiger partial charge in [-0.1, -0.05) is 11.6 Å². The zero-order chi connectivity index (χ0) is 15.4. The van der Waals surface area contributed by atoms with E-state index in [1.54, 1.807) is 33.5 Å². The summed E-state index contributed by atoms with van der Waals surface area (Å²) in [6.45, 7) is 2.68. The molecule has 3 atom stereocenters. The van der Waals surface area contributed by atoms with Gasteiger partial charge in [-0.2, -0.15) is 0 Å². The molecule has 0 spiro atoms. The van der Waals surface area contributed by atoms with E-state index in [0.29, 0.717) is 23.1 Å². The van der Waals surface area contributed by atoms with Crippen LogP contribution in [0.3, 0.4) is 0 Å². The molecule has 3 unspecified atom stereocenters. The molecule has 2 rings (SSSR count). The topological polar surface area (TPSA) is 49.0 Å². The summed E-state index contributed by atoms with van der Waals surface area (Å²) in [7, 11) is 4.89. The van der Waals surface area contributed by atoms with Crippen molar-refractivity contribution >= 4 is 17.3 Å². The van der Waals surface area contributed by atoms with Crippen molar-refractivity contribution < 1.29 is 18.9 Å². The van der Waals surface area contributed by atoms with E-state index in [1.165, 1.54) is 0 Å². The Morgan fingerprint density at radius 2 is 1.90 bits per heavy atom. The van der Waals surface area contributed by atoms with Crippen LogP contribution in [0.4, 0.5) is 5.69 Å². The van der Waals surface area contributed by atoms with Gasteiger partial charge in [0, 0.05) is 19.8 Å². The number of hydrogen-bond donors (Lipinski definition) is 1. The lowest BCUT2D eigenvalue weighted by Crippen LogP contribution is -2.56. The summed E-state index contributed by atoms with van der Waals surface area (Å²) in [5, 5.41) is 3.95. The minimum Gasteiger partial charge on any atom is -0.495 e. The van der Waals surface area contributed by atoms with E-state index in [0.717, 1.165) is 12.1 Å². The number of benzene rings is 1. The fourth-order valence-corrected chi connectivity index (χ4v) is 2.83. The molecule has 5 nitrogen and oxygen atoms in total. The molecular weight excluding hydrogens is 294 g/mol. The Hall–Kier alpha value is -1.17. The van der Waals surface area contributed by atoms with Crippen LogP contribution in [0.25, 0.3) is 0 Å². The zero-order valence-corrected chi connectivity index (χ0v) is 13.6. The molecule has 0 heterocycles. The number of nitrogens with one attached hydrogen (secondary N) is 1. The lowest BCUT2D eigenvalue weighted by molar-refractivity contribution is -0.118. The minimum atomic E-state index is 0.0236. The van der Waals surface area contributed by atoms with Crippen molar-refractivity contribution in [3.63, 3.8) is 0 Å². The molecule has 1 N–H and O–H groups in total. The van der Waals surface area contributed by atoms with Crippen LogP contribution in [-0.4, -0.2) is 46.2 Å². The Kier molecular flexibility index (Phi) is 5.56. The molecule has 0 aromatic heterocycles. The average Bonchev–Trinajstić information content (AvgIpc) is 2.46. The number of rotatable bonds is 7. The molecule has 0 bridgehead atoms. The number of hydrogen-bond acceptors (Lipinski definition) is 5. The minimum absolute atomic E-state index is 0.0236. The number of halogens is 1. The maximum Gasteiger partial charge on any atom is 0.145 e. The maximum absolute atomic E-state index is 6.18. The van der Waals surface area contributed by atoms with Gasteiger partial charge in [0.05, 0.1) is 37.1 Å². The van der Waals surface area contributed by atoms with Crippen LogP contribution in [0.2, 0.25) is 5.02 Å². The summed E-state index contributed by atoms with van der Waals surface area (Å²) < 4.78 is 21.7. The Morgan fingerprint density at radius 1 is 1.19 bits per heavy atom. The molecule has 1 aromatic rings. The summed E-state index contributed by atoms with van der Waals surface area (Å²) in [4.78, 5) is 0. The van der Waals surface area contributed by atoms with Crippen LogP contribution in [0.1, 0.15) is 13.3 Å². The highest BCUT2D eigenvalue weighted by Gasteiger charge is 2.42. The third kappa shape index (κ3) is 3.36. The first-order chi connectivity index (χ1) is 10.1. The van der Waals surface area contributed by atoms with E-state index >= 15 is 0 Å². The maximum atomic E-state index is 6.18. The lowest BCUT2D eigenvalue weighted by atomic mass is 9.85. The third-order valence-electron chi connectivity index (χ3n) is 3.72. The Balaban J connectivity index is 2.11. The van der Waals surface area contributed by atoms with Crippen LogP contribution in [-0.2, 0) is 9.47 Å². The largest absolute Gasteiger partial charge is 0.495 e. The fraction of sp³-hybridized carbons (Fsp3) is 0.600. The SMILES string of the molecule is CCOC1CC(Nc2cc(Cl)c(OC)cc2OC)C1OC. The molecule has 0 amide bonds. The summed E-state index contributed by atoms with van der Waals surface area (Å²) in [5.41, 5.74) is 0.824. The van der Waals surface area contributed by atoms with Crippen molar-refractivity contribution in [1.82, 2.24) is 0 Å². The quantitative estimate of drug-likeness (QED) is 0.838. The number of methoxy groups -OCH3 is 3. The Labute approximate surface area is 130 Å². The molecule has 1 fully saturated rings. The molecule has 21 heavy (non-hydrogen) atoms. The van der Waals surface area contributed by atoms with Gasteiger partial charge < -0.3 is 24.3 Å². The van der Waals surface area contributed by atoms with Gasteiger partial charge in [-0.3, -0.25) is 0 Å². The second-order valence-corrected chi connectivity index (χ2v) is 5.27. The molecule has 1 aliphatic rings. The van der Waals surface area contributed by atoms with E-state index < -0.39 is 0 Å². The van der Waals surface area contributed by atoms with Gasteiger partial charge in [-0.15, -0.1) is 0 Å². The predicted octanol–water partition coefficient (Wildman–Crippen LogP) is 2.96. The van der Waals surface area contributed by atoms with Crippen LogP contribution in [0.5, 0.6) is 11.5 Å². The summed E-state index contributed by atoms with van der Waals surface area (Å²) in [6.07, 6.45) is 1.05. The van der Waals surface area contributed by atoms with Gasteiger partial charge in [-0.05, 0) is 19.4 Å². The van der Waals surface area contributed by atoms with Crippen molar-refractivity contribution in [3.8, 4) is 11.5 Å². The first-order valence-electron chi connectivity index (χ1n) is 6.97. The normalized spacial score (nSPS) is 24.3. The Morgan fingerprint density at radius 3 is 2.48 bits per heavy atom. The van der Waals surface area contributed by atoms with Crippen LogP contribution in [0, 0.1) is 0 Å². The number of anilines is 1. The third-order valence-corrected chi connectivity index (χ3v) is 4.01. The van der Waals surface area contributed by atoms with Crippen molar-refractivity contribution in [1.29, 1.82) is 0 Å². The fourth-order valence-electron chi connectivity index (χ4n) is 2.59. The monoisotopic (exact) mass is 315 g/mol. The zero-order valence-electron chi connectivity index (χ0n) is 12.8. The van der Waals surface area contributed by atoms with Gasteiger partial charge in [0.1, 0.15) is 17.6 Å². The molecule has 1 aliphatic carbocycles. The van der Waals surface area contributed by atoms with E-state index in [-0.39, 0.29) is 18.2 Å². The smallest absolute Gasteiger partial charge is 0.145 e. The van der Waals surface area contributed by atoms with Gasteiger partial charge in [0.25, 0.3) is 0 Å². The molecule has 1 saturated carbocycles. The van der Waals surface area contributed by atoms with E-state index in [9.17, 15) is 0 Å². The first-order valence-corrected chi connectivity index (χ1v) is 7.34. The van der Waals surface area contributed by atoms with Crippen LogP contribution in [0.15, 0.2) is 12.1 Å². The van der Waals surface area contributed by atoms with Gasteiger partial charge in [0.2, 0.25) is 0 Å². The van der Waals surface area contributed by atoms with Gasteiger partial charge in [0.15, 0.2) is 0 Å². The van der Waals surface area contributed by atoms with Crippen LogP contribution < -0.4 is 14.8 Å². The molecule has 0 saturated heterocycles.